The van der Waals surface area contributed by atoms with Crippen LogP contribution in [-0.4, -0.2) is 60.6 Å². The molecule has 24 heavy (non-hydrogen) atoms. The van der Waals surface area contributed by atoms with Gasteiger partial charge in [-0.05, 0) is 37.4 Å². The zero-order chi connectivity index (χ0) is 17.0. The maximum atomic E-state index is 12.3. The number of likely N-dealkylation sites (tertiary alicyclic amines) is 2. The fourth-order valence-electron chi connectivity index (χ4n) is 4.02. The molecule has 1 spiro atoms. The van der Waals surface area contributed by atoms with Crippen LogP contribution in [0.2, 0.25) is 5.15 Å². The van der Waals surface area contributed by atoms with E-state index in [0.717, 1.165) is 39.1 Å². The molecule has 0 saturated carbocycles. The minimum atomic E-state index is 0.233. The minimum Gasteiger partial charge on any atom is -0.384 e. The lowest BCUT2D eigenvalue weighted by molar-refractivity contribution is -0.135. The first-order chi connectivity index (χ1) is 11.6. The summed E-state index contributed by atoms with van der Waals surface area (Å²) in [7, 11) is 1.64. The van der Waals surface area contributed by atoms with Gasteiger partial charge < -0.3 is 9.64 Å². The fourth-order valence-corrected chi connectivity index (χ4v) is 4.13. The van der Waals surface area contributed by atoms with E-state index in [2.05, 4.69) is 14.8 Å². The van der Waals surface area contributed by atoms with Gasteiger partial charge >= 0.3 is 0 Å². The first kappa shape index (κ1) is 17.6. The summed E-state index contributed by atoms with van der Waals surface area (Å²) < 4.78 is 5.04. The zero-order valence-corrected chi connectivity index (χ0v) is 15.1. The third-order valence-corrected chi connectivity index (χ3v) is 5.47. The van der Waals surface area contributed by atoms with Crippen molar-refractivity contribution in [1.82, 2.24) is 14.8 Å². The highest BCUT2D eigenvalue weighted by Crippen LogP contribution is 2.39. The Kier molecular flexibility index (Phi) is 5.74. The largest absolute Gasteiger partial charge is 0.384 e. The third-order valence-electron chi connectivity index (χ3n) is 5.25. The second-order valence-corrected chi connectivity index (χ2v) is 7.50. The summed E-state index contributed by atoms with van der Waals surface area (Å²) in [4.78, 5) is 21.0. The Morgan fingerprint density at radius 2 is 2.21 bits per heavy atom. The summed E-state index contributed by atoms with van der Waals surface area (Å²) >= 11 is 5.86. The number of rotatable bonds is 5. The second-order valence-electron chi connectivity index (χ2n) is 7.11. The molecule has 2 aliphatic heterocycles. The van der Waals surface area contributed by atoms with Crippen molar-refractivity contribution < 1.29 is 9.53 Å². The Labute approximate surface area is 148 Å². The van der Waals surface area contributed by atoms with E-state index in [9.17, 15) is 4.79 Å². The van der Waals surface area contributed by atoms with E-state index in [1.165, 1.54) is 18.4 Å². The van der Waals surface area contributed by atoms with Crippen molar-refractivity contribution in [3.05, 3.63) is 29.0 Å². The van der Waals surface area contributed by atoms with E-state index in [4.69, 9.17) is 16.3 Å². The molecule has 1 amide bonds. The number of pyridine rings is 1. The summed E-state index contributed by atoms with van der Waals surface area (Å²) in [6.07, 6.45) is 5.84. The van der Waals surface area contributed by atoms with Crippen molar-refractivity contribution >= 4 is 17.5 Å². The van der Waals surface area contributed by atoms with E-state index in [0.29, 0.717) is 18.2 Å². The molecule has 1 unspecified atom stereocenters. The van der Waals surface area contributed by atoms with Crippen molar-refractivity contribution in [2.75, 3.05) is 39.9 Å². The molecule has 5 nitrogen and oxygen atoms in total. The predicted octanol–water partition coefficient (Wildman–Crippen LogP) is 2.59. The smallest absolute Gasteiger partial charge is 0.224 e. The van der Waals surface area contributed by atoms with Gasteiger partial charge in [0.25, 0.3) is 0 Å². The molecule has 1 aromatic heterocycles. The van der Waals surface area contributed by atoms with E-state index in [1.54, 1.807) is 7.11 Å². The Bertz CT molecular complexity index is 566. The lowest BCUT2D eigenvalue weighted by Gasteiger charge is -2.40. The highest BCUT2D eigenvalue weighted by molar-refractivity contribution is 6.29. The number of piperidine rings is 1. The standard InChI is InChI=1S/C18H26ClN3O2/c1-24-10-5-17(23)22-8-2-6-18(14-22)7-9-21(13-18)12-15-3-4-16(19)20-11-15/h3-4,11H,2,5-10,12-14H2,1H3. The van der Waals surface area contributed by atoms with Crippen LogP contribution in [0.25, 0.3) is 0 Å². The number of halogens is 1. The number of hydrogen-bond donors (Lipinski definition) is 0. The van der Waals surface area contributed by atoms with Crippen LogP contribution in [0.1, 0.15) is 31.2 Å². The Morgan fingerprint density at radius 1 is 1.33 bits per heavy atom. The first-order valence-electron chi connectivity index (χ1n) is 8.70. The molecule has 1 atom stereocenters. The van der Waals surface area contributed by atoms with Gasteiger partial charge in [0, 0.05) is 44.9 Å². The van der Waals surface area contributed by atoms with Crippen LogP contribution in [0.4, 0.5) is 0 Å². The number of nitrogens with zero attached hydrogens (tertiary/aromatic N) is 3. The molecular formula is C18H26ClN3O2. The summed E-state index contributed by atoms with van der Waals surface area (Å²) in [6.45, 7) is 5.35. The molecule has 0 aromatic carbocycles. The van der Waals surface area contributed by atoms with Crippen molar-refractivity contribution in [3.63, 3.8) is 0 Å². The number of amides is 1. The average molecular weight is 352 g/mol. The molecule has 3 heterocycles. The zero-order valence-electron chi connectivity index (χ0n) is 14.3. The van der Waals surface area contributed by atoms with Gasteiger partial charge in [-0.1, -0.05) is 17.7 Å². The van der Waals surface area contributed by atoms with Gasteiger partial charge in [-0.3, -0.25) is 9.69 Å². The van der Waals surface area contributed by atoms with E-state index in [1.807, 2.05) is 18.3 Å². The summed E-state index contributed by atoms with van der Waals surface area (Å²) in [6, 6.07) is 3.89. The maximum absolute atomic E-state index is 12.3. The van der Waals surface area contributed by atoms with E-state index in [-0.39, 0.29) is 11.3 Å². The van der Waals surface area contributed by atoms with Gasteiger partial charge in [-0.25, -0.2) is 4.98 Å². The lowest BCUT2D eigenvalue weighted by Crippen LogP contribution is -2.47. The van der Waals surface area contributed by atoms with Gasteiger partial charge in [0.1, 0.15) is 5.15 Å². The van der Waals surface area contributed by atoms with Crippen molar-refractivity contribution in [1.29, 1.82) is 0 Å². The molecule has 0 bridgehead atoms. The molecule has 2 aliphatic rings. The molecule has 6 heteroatoms. The molecule has 3 rings (SSSR count). The Hall–Kier alpha value is -1.17. The second kappa shape index (κ2) is 7.81. The monoisotopic (exact) mass is 351 g/mol. The van der Waals surface area contributed by atoms with Crippen LogP contribution >= 0.6 is 11.6 Å². The number of ether oxygens (including phenoxy) is 1. The third kappa shape index (κ3) is 4.26. The molecule has 1 aromatic rings. The number of methoxy groups -OCH3 is 1. The highest BCUT2D eigenvalue weighted by atomic mass is 35.5. The van der Waals surface area contributed by atoms with Gasteiger partial charge in [0.2, 0.25) is 5.91 Å². The molecular weight excluding hydrogens is 326 g/mol. The van der Waals surface area contributed by atoms with Crippen LogP contribution in [0.3, 0.4) is 0 Å². The van der Waals surface area contributed by atoms with Gasteiger partial charge in [0.15, 0.2) is 0 Å². The summed E-state index contributed by atoms with van der Waals surface area (Å²) in [5.74, 6) is 0.233. The van der Waals surface area contributed by atoms with Crippen LogP contribution in [0.15, 0.2) is 18.3 Å². The molecule has 132 valence electrons. The lowest BCUT2D eigenvalue weighted by atomic mass is 9.79. The van der Waals surface area contributed by atoms with Crippen molar-refractivity contribution in [2.45, 2.75) is 32.2 Å². The quantitative estimate of drug-likeness (QED) is 0.765. The van der Waals surface area contributed by atoms with Crippen LogP contribution < -0.4 is 0 Å². The maximum Gasteiger partial charge on any atom is 0.224 e. The number of hydrogen-bond acceptors (Lipinski definition) is 4. The molecule has 0 radical (unpaired) electrons. The molecule has 2 fully saturated rings. The number of aromatic nitrogens is 1. The number of carbonyl (C=O) groups is 1. The average Bonchev–Trinajstić information content (AvgIpc) is 2.96. The predicted molar refractivity (Wildman–Crippen MR) is 93.9 cm³/mol. The van der Waals surface area contributed by atoms with Gasteiger partial charge in [-0.2, -0.15) is 0 Å². The van der Waals surface area contributed by atoms with E-state index < -0.39 is 0 Å². The molecule has 0 N–H and O–H groups in total. The fraction of sp³-hybridized carbons (Fsp3) is 0.667. The SMILES string of the molecule is COCCC(=O)N1CCCC2(CCN(Cc3ccc(Cl)nc3)C2)C1. The van der Waals surface area contributed by atoms with Crippen LogP contribution in [0.5, 0.6) is 0 Å². The minimum absolute atomic E-state index is 0.233. The Morgan fingerprint density at radius 3 is 2.96 bits per heavy atom. The first-order valence-corrected chi connectivity index (χ1v) is 9.08. The van der Waals surface area contributed by atoms with Crippen molar-refractivity contribution in [2.24, 2.45) is 5.41 Å². The van der Waals surface area contributed by atoms with Crippen LogP contribution in [-0.2, 0) is 16.1 Å². The summed E-state index contributed by atoms with van der Waals surface area (Å²) in [5.41, 5.74) is 1.46. The summed E-state index contributed by atoms with van der Waals surface area (Å²) in [5, 5.41) is 0.536. The van der Waals surface area contributed by atoms with Gasteiger partial charge in [-0.15, -0.1) is 0 Å². The number of carbonyl (C=O) groups excluding carboxylic acids is 1. The highest BCUT2D eigenvalue weighted by Gasteiger charge is 2.42. The topological polar surface area (TPSA) is 45.7 Å². The van der Waals surface area contributed by atoms with Gasteiger partial charge in [0.05, 0.1) is 13.0 Å². The van der Waals surface area contributed by atoms with Crippen LogP contribution in [0, 0.1) is 5.41 Å². The Balaban J connectivity index is 1.56. The normalized spacial score (nSPS) is 24.7. The van der Waals surface area contributed by atoms with Crippen molar-refractivity contribution in [3.8, 4) is 0 Å². The molecule has 0 aliphatic carbocycles. The van der Waals surface area contributed by atoms with E-state index >= 15 is 0 Å². The molecule has 2 saturated heterocycles.